The van der Waals surface area contributed by atoms with Crippen molar-refractivity contribution in [2.75, 3.05) is 33.8 Å². The van der Waals surface area contributed by atoms with E-state index in [1.54, 1.807) is 4.90 Å². The van der Waals surface area contributed by atoms with Crippen LogP contribution in [0.1, 0.15) is 49.7 Å². The van der Waals surface area contributed by atoms with Crippen LogP contribution in [-0.2, 0) is 9.59 Å². The molecule has 0 aromatic heterocycles. The summed E-state index contributed by atoms with van der Waals surface area (Å²) >= 11 is 0. The highest BCUT2D eigenvalue weighted by Gasteiger charge is 2.49. The van der Waals surface area contributed by atoms with Crippen molar-refractivity contribution in [3.05, 3.63) is 41.5 Å². The molecule has 3 rings (SSSR count). The number of hydrogen-bond donors (Lipinski definition) is 2. The van der Waals surface area contributed by atoms with Crippen molar-refractivity contribution in [2.45, 2.75) is 50.6 Å². The number of allylic oxidation sites excluding steroid dienone is 2. The molecule has 1 saturated heterocycles. The summed E-state index contributed by atoms with van der Waals surface area (Å²) in [6, 6.07) is 8.14. The predicted molar refractivity (Wildman–Crippen MR) is 114 cm³/mol. The quantitative estimate of drug-likeness (QED) is 0.736. The van der Waals surface area contributed by atoms with E-state index in [4.69, 9.17) is 0 Å². The fraction of sp³-hybridized carbons (Fsp3) is 0.565. The Balaban J connectivity index is 1.75. The molecule has 0 bridgehead atoms. The number of carbonyl (C=O) groups excluding carboxylic acids is 2. The Morgan fingerprint density at radius 2 is 1.90 bits per heavy atom. The van der Waals surface area contributed by atoms with Gasteiger partial charge in [-0.15, -0.1) is 0 Å². The van der Waals surface area contributed by atoms with E-state index < -0.39 is 0 Å². The maximum absolute atomic E-state index is 12.2. The topological polar surface area (TPSA) is 72.9 Å². The number of likely N-dealkylation sites (N-methyl/N-ethyl adjacent to an activating group) is 1. The lowest BCUT2D eigenvalue weighted by atomic mass is 9.74. The molecule has 1 aliphatic carbocycles. The van der Waals surface area contributed by atoms with E-state index in [-0.39, 0.29) is 36.4 Å². The van der Waals surface area contributed by atoms with Gasteiger partial charge in [-0.3, -0.25) is 9.59 Å². The van der Waals surface area contributed by atoms with E-state index in [0.29, 0.717) is 13.1 Å². The number of carbonyl (C=O) groups is 2. The molecule has 0 radical (unpaired) electrons. The van der Waals surface area contributed by atoms with Crippen LogP contribution in [0.3, 0.4) is 0 Å². The van der Waals surface area contributed by atoms with Crippen molar-refractivity contribution >= 4 is 17.4 Å². The molecule has 0 spiro atoms. The van der Waals surface area contributed by atoms with Gasteiger partial charge in [-0.2, -0.15) is 0 Å². The molecular formula is C23H33N3O3. The first-order valence-corrected chi connectivity index (χ1v) is 10.5. The van der Waals surface area contributed by atoms with E-state index in [2.05, 4.69) is 35.7 Å². The summed E-state index contributed by atoms with van der Waals surface area (Å²) in [7, 11) is 3.69. The van der Waals surface area contributed by atoms with Crippen LogP contribution < -0.4 is 5.32 Å². The number of rotatable bonds is 7. The Labute approximate surface area is 173 Å². The molecule has 29 heavy (non-hydrogen) atoms. The van der Waals surface area contributed by atoms with E-state index in [0.717, 1.165) is 18.4 Å². The fourth-order valence-electron chi connectivity index (χ4n) is 4.67. The smallest absolute Gasteiger partial charge is 0.234 e. The van der Waals surface area contributed by atoms with E-state index in [1.807, 2.05) is 19.0 Å². The van der Waals surface area contributed by atoms with Crippen molar-refractivity contribution in [2.24, 2.45) is 0 Å². The van der Waals surface area contributed by atoms with E-state index in [1.165, 1.54) is 30.9 Å². The molecule has 1 aromatic carbocycles. The number of nitrogens with zero attached hydrogens (tertiary/aromatic N) is 2. The van der Waals surface area contributed by atoms with Crippen LogP contribution in [0.4, 0.5) is 0 Å². The zero-order chi connectivity index (χ0) is 21.0. The summed E-state index contributed by atoms with van der Waals surface area (Å²) in [5.74, 6) is -0.127. The lowest BCUT2D eigenvalue weighted by Gasteiger charge is -2.54. The van der Waals surface area contributed by atoms with Gasteiger partial charge >= 0.3 is 0 Å². The minimum absolute atomic E-state index is 0.0120. The molecule has 3 atom stereocenters. The van der Waals surface area contributed by atoms with Gasteiger partial charge in [-0.05, 0) is 56.5 Å². The lowest BCUT2D eigenvalue weighted by Crippen LogP contribution is -2.68. The highest BCUT2D eigenvalue weighted by Crippen LogP contribution is 2.41. The first-order valence-electron chi connectivity index (χ1n) is 10.5. The van der Waals surface area contributed by atoms with Gasteiger partial charge in [0.25, 0.3) is 0 Å². The van der Waals surface area contributed by atoms with Gasteiger partial charge in [-0.25, -0.2) is 0 Å². The van der Waals surface area contributed by atoms with Gasteiger partial charge in [-0.1, -0.05) is 30.3 Å². The van der Waals surface area contributed by atoms with Gasteiger partial charge in [0.2, 0.25) is 11.8 Å². The minimum Gasteiger partial charge on any atom is -0.394 e. The third-order valence-electron chi connectivity index (χ3n) is 6.02. The first-order chi connectivity index (χ1) is 13.9. The zero-order valence-electron chi connectivity index (χ0n) is 17.7. The van der Waals surface area contributed by atoms with Gasteiger partial charge in [0.1, 0.15) is 0 Å². The van der Waals surface area contributed by atoms with Gasteiger partial charge in [0.05, 0.1) is 25.2 Å². The van der Waals surface area contributed by atoms with Crippen LogP contribution in [0, 0.1) is 0 Å². The zero-order valence-corrected chi connectivity index (χ0v) is 17.7. The third-order valence-corrected chi connectivity index (χ3v) is 6.02. The van der Waals surface area contributed by atoms with Gasteiger partial charge in [0.15, 0.2) is 0 Å². The Morgan fingerprint density at radius 3 is 2.45 bits per heavy atom. The molecular weight excluding hydrogens is 366 g/mol. The molecule has 1 aliphatic heterocycles. The Bertz CT molecular complexity index is 757. The van der Waals surface area contributed by atoms with Crippen LogP contribution >= 0.6 is 0 Å². The molecule has 6 nitrogen and oxygen atoms in total. The average molecular weight is 400 g/mol. The highest BCUT2D eigenvalue weighted by molar-refractivity contribution is 5.79. The summed E-state index contributed by atoms with van der Waals surface area (Å²) in [5, 5.41) is 12.9. The van der Waals surface area contributed by atoms with Crippen LogP contribution in [0.25, 0.3) is 5.57 Å². The summed E-state index contributed by atoms with van der Waals surface area (Å²) in [6.07, 6.45) is 7.11. The van der Waals surface area contributed by atoms with Crippen LogP contribution in [0.15, 0.2) is 30.3 Å². The molecule has 6 heteroatoms. The van der Waals surface area contributed by atoms with Crippen LogP contribution in [-0.4, -0.2) is 72.6 Å². The average Bonchev–Trinajstić information content (AvgIpc) is 2.67. The monoisotopic (exact) mass is 399 g/mol. The Morgan fingerprint density at radius 1 is 1.17 bits per heavy atom. The van der Waals surface area contributed by atoms with Crippen LogP contribution in [0.2, 0.25) is 0 Å². The second kappa shape index (κ2) is 9.55. The summed E-state index contributed by atoms with van der Waals surface area (Å²) in [6.45, 7) is 2.14. The van der Waals surface area contributed by atoms with Gasteiger partial charge < -0.3 is 20.2 Å². The Kier molecular flexibility index (Phi) is 7.09. The van der Waals surface area contributed by atoms with E-state index >= 15 is 0 Å². The van der Waals surface area contributed by atoms with E-state index in [9.17, 15) is 14.7 Å². The molecule has 0 saturated carbocycles. The van der Waals surface area contributed by atoms with Crippen molar-refractivity contribution in [1.82, 2.24) is 15.1 Å². The molecule has 1 aromatic rings. The molecule has 1 fully saturated rings. The number of nitrogens with one attached hydrogen (secondary N) is 1. The summed E-state index contributed by atoms with van der Waals surface area (Å²) < 4.78 is 0. The van der Waals surface area contributed by atoms with Crippen molar-refractivity contribution in [1.29, 1.82) is 0 Å². The number of aliphatic hydroxyl groups is 1. The highest BCUT2D eigenvalue weighted by atomic mass is 16.3. The Hall–Kier alpha value is -2.18. The SMILES string of the molecule is CC(=O)N1[C@H](CO)[C@H](c2ccc(C3=CCCCC3)cc2)[C@@H]1CNC(=O)CN(C)C. The van der Waals surface area contributed by atoms with Crippen molar-refractivity contribution < 1.29 is 14.7 Å². The minimum atomic E-state index is -0.247. The number of amides is 2. The summed E-state index contributed by atoms with van der Waals surface area (Å²) in [5.41, 5.74) is 3.77. The number of benzene rings is 1. The maximum atomic E-state index is 12.2. The van der Waals surface area contributed by atoms with Gasteiger partial charge in [0, 0.05) is 19.4 Å². The number of likely N-dealkylation sites (tertiary alicyclic amines) is 1. The molecule has 158 valence electrons. The number of hydrogen-bond acceptors (Lipinski definition) is 4. The molecule has 2 aliphatic rings. The lowest BCUT2D eigenvalue weighted by molar-refractivity contribution is -0.148. The molecule has 1 heterocycles. The number of aliphatic hydroxyl groups excluding tert-OH is 1. The first kappa shape index (κ1) is 21.5. The molecule has 0 unspecified atom stereocenters. The second-order valence-corrected chi connectivity index (χ2v) is 8.41. The molecule has 2 N–H and O–H groups in total. The predicted octanol–water partition coefficient (Wildman–Crippen LogP) is 2.00. The molecule has 2 amide bonds. The largest absolute Gasteiger partial charge is 0.394 e. The standard InChI is InChI=1S/C23H33N3O3/c1-16(28)26-20(13-24-22(29)14-25(2)3)23(21(26)15-27)19-11-9-18(10-12-19)17-7-5-4-6-8-17/h7,9-12,20-21,23,27H,4-6,8,13-15H2,1-3H3,(H,24,29)/t20-,21+,23+/m0/s1. The van der Waals surface area contributed by atoms with Crippen molar-refractivity contribution in [3.8, 4) is 0 Å². The summed E-state index contributed by atoms with van der Waals surface area (Å²) in [4.78, 5) is 27.7. The fourth-order valence-corrected chi connectivity index (χ4v) is 4.67. The maximum Gasteiger partial charge on any atom is 0.234 e. The second-order valence-electron chi connectivity index (χ2n) is 8.41. The van der Waals surface area contributed by atoms with Crippen LogP contribution in [0.5, 0.6) is 0 Å². The van der Waals surface area contributed by atoms with Crippen molar-refractivity contribution in [3.63, 3.8) is 0 Å². The normalized spacial score (nSPS) is 24.1. The third kappa shape index (κ3) is 4.87.